The summed E-state index contributed by atoms with van der Waals surface area (Å²) in [6.07, 6.45) is 7.61. The Bertz CT molecular complexity index is 843. The molecule has 1 aromatic carbocycles. The number of anilines is 1. The third-order valence-electron chi connectivity index (χ3n) is 7.30. The first kappa shape index (κ1) is 20.6. The minimum absolute atomic E-state index is 0.143. The molecule has 0 bridgehead atoms. The molecule has 1 spiro atoms. The van der Waals surface area contributed by atoms with Gasteiger partial charge in [0, 0.05) is 11.7 Å². The molecule has 1 aliphatic heterocycles. The molecular formula is C21H31N3O4S. The van der Waals surface area contributed by atoms with Crippen molar-refractivity contribution in [1.29, 1.82) is 0 Å². The van der Waals surface area contributed by atoms with Gasteiger partial charge in [0.1, 0.15) is 0 Å². The Morgan fingerprint density at radius 2 is 1.69 bits per heavy atom. The number of carbonyl (C=O) groups is 1. The zero-order valence-corrected chi connectivity index (χ0v) is 17.6. The third kappa shape index (κ3) is 3.66. The average molecular weight is 422 g/mol. The van der Waals surface area contributed by atoms with E-state index >= 15 is 0 Å². The van der Waals surface area contributed by atoms with Crippen LogP contribution in [0.3, 0.4) is 0 Å². The molecule has 1 aromatic rings. The second-order valence-corrected chi connectivity index (χ2v) is 11.3. The van der Waals surface area contributed by atoms with Gasteiger partial charge in [-0.05, 0) is 87.7 Å². The van der Waals surface area contributed by atoms with Gasteiger partial charge in [0.25, 0.3) is 5.91 Å². The van der Waals surface area contributed by atoms with Crippen molar-refractivity contribution in [3.8, 4) is 0 Å². The van der Waals surface area contributed by atoms with Crippen LogP contribution in [0, 0.1) is 5.41 Å². The second kappa shape index (κ2) is 7.89. The van der Waals surface area contributed by atoms with E-state index in [9.17, 15) is 18.4 Å². The minimum atomic E-state index is -3.95. The molecule has 0 aromatic heterocycles. The number of carbonyl (C=O) groups excluding carboxylic acids is 1. The molecule has 2 aliphatic carbocycles. The van der Waals surface area contributed by atoms with E-state index in [2.05, 4.69) is 10.6 Å². The van der Waals surface area contributed by atoms with Crippen molar-refractivity contribution in [3.05, 3.63) is 24.3 Å². The number of nitrogens with one attached hydrogen (secondary N) is 3. The molecule has 3 fully saturated rings. The van der Waals surface area contributed by atoms with Crippen molar-refractivity contribution in [1.82, 2.24) is 10.8 Å². The van der Waals surface area contributed by atoms with E-state index in [1.54, 1.807) is 29.7 Å². The number of hydrogen-bond acceptors (Lipinski definition) is 6. The normalized spacial score (nSPS) is 27.2. The van der Waals surface area contributed by atoms with Crippen molar-refractivity contribution in [2.75, 3.05) is 18.4 Å². The summed E-state index contributed by atoms with van der Waals surface area (Å²) >= 11 is 0. The van der Waals surface area contributed by atoms with Crippen molar-refractivity contribution in [2.24, 2.45) is 5.41 Å². The highest BCUT2D eigenvalue weighted by atomic mass is 32.2. The van der Waals surface area contributed by atoms with E-state index in [0.717, 1.165) is 44.5 Å². The highest BCUT2D eigenvalue weighted by molar-refractivity contribution is 7.93. The summed E-state index contributed by atoms with van der Waals surface area (Å²) in [6, 6.07) is 7.19. The zero-order valence-electron chi connectivity index (χ0n) is 16.7. The molecule has 0 radical (unpaired) electrons. The van der Waals surface area contributed by atoms with Crippen LogP contribution in [0.5, 0.6) is 0 Å². The minimum Gasteiger partial charge on any atom is -0.382 e. The first-order valence-electron chi connectivity index (χ1n) is 10.7. The van der Waals surface area contributed by atoms with Gasteiger partial charge in [-0.1, -0.05) is 12.8 Å². The van der Waals surface area contributed by atoms with Crippen molar-refractivity contribution >= 4 is 21.4 Å². The van der Waals surface area contributed by atoms with Crippen LogP contribution in [0.2, 0.25) is 0 Å². The third-order valence-corrected chi connectivity index (χ3v) is 9.76. The molecule has 4 N–H and O–H groups in total. The topological polar surface area (TPSA) is 108 Å². The van der Waals surface area contributed by atoms with E-state index in [1.165, 1.54) is 12.8 Å². The molecule has 1 saturated heterocycles. The van der Waals surface area contributed by atoms with E-state index in [1.807, 2.05) is 0 Å². The van der Waals surface area contributed by atoms with Gasteiger partial charge in [0.2, 0.25) is 0 Å². The zero-order chi connectivity index (χ0) is 20.5. The first-order chi connectivity index (χ1) is 13.9. The van der Waals surface area contributed by atoms with Crippen molar-refractivity contribution < 1.29 is 18.4 Å². The standard InChI is InChI=1S/C21H31N3O4S/c25-19(24-26)21(10-9-20(15-21)11-13-22-14-12-20)29(27,28)18-7-5-17(6-8-18)23-16-3-1-2-4-16/h5-8,16,22-23,26H,1-4,9-15H2,(H,24,25). The van der Waals surface area contributed by atoms with Crippen molar-refractivity contribution in [2.45, 2.75) is 73.5 Å². The van der Waals surface area contributed by atoms with Gasteiger partial charge in [-0.2, -0.15) is 0 Å². The SMILES string of the molecule is O=C(NO)C1(S(=O)(=O)c2ccc(NC3CCCC3)cc2)CCC2(CCNCC2)C1. The lowest BCUT2D eigenvalue weighted by Gasteiger charge is -2.36. The molecule has 1 atom stereocenters. The lowest BCUT2D eigenvalue weighted by molar-refractivity contribution is -0.132. The van der Waals surface area contributed by atoms with Crippen LogP contribution >= 0.6 is 0 Å². The number of benzene rings is 1. The molecule has 160 valence electrons. The van der Waals surface area contributed by atoms with Gasteiger partial charge in [0.05, 0.1) is 4.90 Å². The molecule has 2 saturated carbocycles. The van der Waals surface area contributed by atoms with Gasteiger partial charge in [0.15, 0.2) is 14.6 Å². The summed E-state index contributed by atoms with van der Waals surface area (Å²) in [6.45, 7) is 1.66. The number of rotatable bonds is 5. The Labute approximate surface area is 172 Å². The summed E-state index contributed by atoms with van der Waals surface area (Å²) in [5.41, 5.74) is 2.40. The van der Waals surface area contributed by atoms with Crippen LogP contribution < -0.4 is 16.1 Å². The Morgan fingerprint density at radius 1 is 1.03 bits per heavy atom. The highest BCUT2D eigenvalue weighted by Gasteiger charge is 2.60. The van der Waals surface area contributed by atoms with Crippen LogP contribution in [0.25, 0.3) is 0 Å². The summed E-state index contributed by atoms with van der Waals surface area (Å²) in [4.78, 5) is 12.9. The fraction of sp³-hybridized carbons (Fsp3) is 0.667. The predicted molar refractivity (Wildman–Crippen MR) is 111 cm³/mol. The highest BCUT2D eigenvalue weighted by Crippen LogP contribution is 2.54. The molecule has 8 heteroatoms. The smallest absolute Gasteiger partial charge is 0.265 e. The van der Waals surface area contributed by atoms with Gasteiger partial charge < -0.3 is 10.6 Å². The van der Waals surface area contributed by atoms with Crippen LogP contribution in [0.1, 0.15) is 57.8 Å². The Balaban J connectivity index is 1.61. The maximum absolute atomic E-state index is 13.6. The number of piperidine rings is 1. The Kier molecular flexibility index (Phi) is 5.61. The maximum atomic E-state index is 13.6. The van der Waals surface area contributed by atoms with Crippen LogP contribution in [0.15, 0.2) is 29.2 Å². The predicted octanol–water partition coefficient (Wildman–Crippen LogP) is 2.61. The van der Waals surface area contributed by atoms with Crippen LogP contribution in [-0.4, -0.2) is 43.4 Å². The summed E-state index contributed by atoms with van der Waals surface area (Å²) in [5, 5.41) is 16.1. The van der Waals surface area contributed by atoms with E-state index in [0.29, 0.717) is 12.5 Å². The van der Waals surface area contributed by atoms with Gasteiger partial charge >= 0.3 is 0 Å². The molecule has 4 rings (SSSR count). The van der Waals surface area contributed by atoms with Crippen LogP contribution in [-0.2, 0) is 14.6 Å². The summed E-state index contributed by atoms with van der Waals surface area (Å²) < 4.78 is 25.6. The quantitative estimate of drug-likeness (QED) is 0.430. The van der Waals surface area contributed by atoms with Gasteiger partial charge in [-0.3, -0.25) is 10.0 Å². The second-order valence-electron chi connectivity index (χ2n) is 9.02. The molecular weight excluding hydrogens is 390 g/mol. The largest absolute Gasteiger partial charge is 0.382 e. The summed E-state index contributed by atoms with van der Waals surface area (Å²) in [7, 11) is -3.95. The Hall–Kier alpha value is -1.64. The van der Waals surface area contributed by atoms with Crippen LogP contribution in [0.4, 0.5) is 5.69 Å². The average Bonchev–Trinajstić information content (AvgIpc) is 3.38. The summed E-state index contributed by atoms with van der Waals surface area (Å²) in [5.74, 6) is -0.805. The fourth-order valence-corrected chi connectivity index (χ4v) is 7.64. The fourth-order valence-electron chi connectivity index (χ4n) is 5.54. The first-order valence-corrected chi connectivity index (χ1v) is 12.2. The molecule has 1 heterocycles. The van der Waals surface area contributed by atoms with Gasteiger partial charge in [-0.15, -0.1) is 0 Å². The molecule has 3 aliphatic rings. The maximum Gasteiger partial charge on any atom is 0.265 e. The monoisotopic (exact) mass is 421 g/mol. The molecule has 1 unspecified atom stereocenters. The number of hydrogen-bond donors (Lipinski definition) is 4. The number of amides is 1. The lowest BCUT2D eigenvalue weighted by atomic mass is 9.77. The lowest BCUT2D eigenvalue weighted by Crippen LogP contribution is -2.51. The van der Waals surface area contributed by atoms with Crippen molar-refractivity contribution in [3.63, 3.8) is 0 Å². The molecule has 7 nitrogen and oxygen atoms in total. The van der Waals surface area contributed by atoms with E-state index < -0.39 is 20.5 Å². The number of sulfone groups is 1. The Morgan fingerprint density at radius 3 is 2.31 bits per heavy atom. The van der Waals surface area contributed by atoms with Gasteiger partial charge in [-0.25, -0.2) is 13.9 Å². The van der Waals surface area contributed by atoms with E-state index in [-0.39, 0.29) is 23.2 Å². The number of hydroxylamine groups is 1. The molecule has 1 amide bonds. The van der Waals surface area contributed by atoms with E-state index in [4.69, 9.17) is 0 Å². The molecule has 29 heavy (non-hydrogen) atoms.